The number of aromatic nitrogens is 2. The zero-order chi connectivity index (χ0) is 19.9. The fourth-order valence-corrected chi connectivity index (χ4v) is 3.94. The van der Waals surface area contributed by atoms with Gasteiger partial charge in [-0.1, -0.05) is 38.0 Å². The van der Waals surface area contributed by atoms with E-state index in [4.69, 9.17) is 4.98 Å². The van der Waals surface area contributed by atoms with Crippen molar-refractivity contribution in [2.24, 2.45) is 0 Å². The van der Waals surface area contributed by atoms with E-state index in [1.165, 1.54) is 25.3 Å². The Labute approximate surface area is 166 Å². The molecule has 0 bridgehead atoms. The first-order valence-corrected chi connectivity index (χ1v) is 10.2. The molecule has 6 nitrogen and oxygen atoms in total. The Morgan fingerprint density at radius 3 is 2.79 bits per heavy atom. The van der Waals surface area contributed by atoms with Crippen LogP contribution in [0, 0.1) is 0 Å². The highest BCUT2D eigenvalue weighted by atomic mass is 16.2. The molecule has 1 aliphatic rings. The summed E-state index contributed by atoms with van der Waals surface area (Å²) in [7, 11) is 1.93. The molecule has 150 valence electrons. The standard InChI is InChI=1S/C22H30N4O2/c1-3-21(27)23-15-9-14-20-24-18-12-7-8-13-19(18)26(20)16-22(28)25(2)17-10-5-4-6-11-17/h3,7-8,12-13,17H,1,4-6,9-11,14-16H2,2H3,(H,23,27). The quantitative estimate of drug-likeness (QED) is 0.564. The van der Waals surface area contributed by atoms with Crippen molar-refractivity contribution in [3.05, 3.63) is 42.7 Å². The predicted molar refractivity (Wildman–Crippen MR) is 111 cm³/mol. The highest BCUT2D eigenvalue weighted by Gasteiger charge is 2.23. The summed E-state index contributed by atoms with van der Waals surface area (Å²) in [6.07, 6.45) is 8.62. The molecule has 0 saturated heterocycles. The van der Waals surface area contributed by atoms with E-state index in [-0.39, 0.29) is 11.8 Å². The van der Waals surface area contributed by atoms with E-state index in [9.17, 15) is 9.59 Å². The van der Waals surface area contributed by atoms with Crippen LogP contribution in [0.3, 0.4) is 0 Å². The van der Waals surface area contributed by atoms with Gasteiger partial charge >= 0.3 is 0 Å². The van der Waals surface area contributed by atoms with Gasteiger partial charge in [-0.25, -0.2) is 4.98 Å². The van der Waals surface area contributed by atoms with Crippen LogP contribution in [0.2, 0.25) is 0 Å². The van der Waals surface area contributed by atoms with Crippen molar-refractivity contribution in [1.82, 2.24) is 19.8 Å². The van der Waals surface area contributed by atoms with E-state index in [2.05, 4.69) is 11.9 Å². The van der Waals surface area contributed by atoms with Gasteiger partial charge in [-0.3, -0.25) is 9.59 Å². The Balaban J connectivity index is 1.71. The average molecular weight is 383 g/mol. The van der Waals surface area contributed by atoms with Crippen LogP contribution < -0.4 is 5.32 Å². The Morgan fingerprint density at radius 1 is 1.29 bits per heavy atom. The zero-order valence-corrected chi connectivity index (χ0v) is 16.7. The number of para-hydroxylation sites is 2. The second kappa shape index (κ2) is 9.53. The maximum absolute atomic E-state index is 13.0. The maximum atomic E-state index is 13.0. The topological polar surface area (TPSA) is 67.2 Å². The molecule has 2 aromatic rings. The summed E-state index contributed by atoms with van der Waals surface area (Å²) in [6.45, 7) is 4.32. The fraction of sp³-hybridized carbons (Fsp3) is 0.500. The molecule has 0 radical (unpaired) electrons. The first-order valence-electron chi connectivity index (χ1n) is 10.2. The SMILES string of the molecule is C=CC(=O)NCCCc1nc2ccccc2n1CC(=O)N(C)C1CCCCC1. The van der Waals surface area contributed by atoms with Gasteiger partial charge in [0.1, 0.15) is 12.4 Å². The molecular formula is C22H30N4O2. The molecule has 1 aromatic carbocycles. The molecule has 1 N–H and O–H groups in total. The van der Waals surface area contributed by atoms with Gasteiger partial charge in [0.15, 0.2) is 0 Å². The Hall–Kier alpha value is -2.63. The highest BCUT2D eigenvalue weighted by molar-refractivity contribution is 5.86. The largest absolute Gasteiger partial charge is 0.353 e. The summed E-state index contributed by atoms with van der Waals surface area (Å²) < 4.78 is 2.03. The van der Waals surface area contributed by atoms with Gasteiger partial charge in [-0.05, 0) is 37.5 Å². The number of imidazole rings is 1. The number of carbonyl (C=O) groups excluding carboxylic acids is 2. The van der Waals surface area contributed by atoms with Crippen LogP contribution in [-0.4, -0.2) is 45.9 Å². The van der Waals surface area contributed by atoms with Crippen molar-refractivity contribution in [3.8, 4) is 0 Å². The Bertz CT molecular complexity index is 836. The van der Waals surface area contributed by atoms with Crippen LogP contribution in [0.25, 0.3) is 11.0 Å². The lowest BCUT2D eigenvalue weighted by Gasteiger charge is -2.31. The number of carbonyl (C=O) groups is 2. The minimum atomic E-state index is -0.169. The summed E-state index contributed by atoms with van der Waals surface area (Å²) in [6, 6.07) is 8.28. The zero-order valence-electron chi connectivity index (χ0n) is 16.7. The van der Waals surface area contributed by atoms with E-state index < -0.39 is 0 Å². The number of amides is 2. The lowest BCUT2D eigenvalue weighted by molar-refractivity contribution is -0.133. The normalized spacial score (nSPS) is 14.8. The van der Waals surface area contributed by atoms with Gasteiger partial charge in [0.25, 0.3) is 0 Å². The van der Waals surface area contributed by atoms with E-state index in [0.29, 0.717) is 25.6 Å². The number of nitrogens with one attached hydrogen (secondary N) is 1. The predicted octanol–water partition coefficient (Wildman–Crippen LogP) is 3.06. The van der Waals surface area contributed by atoms with E-state index >= 15 is 0 Å². The van der Waals surface area contributed by atoms with Gasteiger partial charge in [0.05, 0.1) is 11.0 Å². The molecule has 6 heteroatoms. The van der Waals surface area contributed by atoms with Crippen LogP contribution in [0.5, 0.6) is 0 Å². The second-order valence-corrected chi connectivity index (χ2v) is 7.50. The van der Waals surface area contributed by atoms with Crippen molar-refractivity contribution < 1.29 is 9.59 Å². The van der Waals surface area contributed by atoms with Gasteiger partial charge in [0.2, 0.25) is 11.8 Å². The third-order valence-corrected chi connectivity index (χ3v) is 5.60. The first kappa shape index (κ1) is 20.1. The van der Waals surface area contributed by atoms with Crippen LogP contribution in [0.4, 0.5) is 0 Å². The maximum Gasteiger partial charge on any atom is 0.243 e. The molecule has 3 rings (SSSR count). The number of benzene rings is 1. The third-order valence-electron chi connectivity index (χ3n) is 5.60. The summed E-state index contributed by atoms with van der Waals surface area (Å²) >= 11 is 0. The third kappa shape index (κ3) is 4.80. The Morgan fingerprint density at radius 2 is 2.04 bits per heavy atom. The van der Waals surface area contributed by atoms with Crippen LogP contribution in [0.1, 0.15) is 44.3 Å². The molecule has 1 saturated carbocycles. The average Bonchev–Trinajstić information content (AvgIpc) is 3.08. The molecule has 1 aromatic heterocycles. The van der Waals surface area contributed by atoms with E-state index in [1.807, 2.05) is 40.8 Å². The van der Waals surface area contributed by atoms with Crippen molar-refractivity contribution in [2.45, 2.75) is 57.5 Å². The van der Waals surface area contributed by atoms with E-state index in [1.54, 1.807) is 0 Å². The lowest BCUT2D eigenvalue weighted by Crippen LogP contribution is -2.40. The first-order chi connectivity index (χ1) is 13.6. The van der Waals surface area contributed by atoms with Gasteiger partial charge < -0.3 is 14.8 Å². The number of hydrogen-bond donors (Lipinski definition) is 1. The number of fused-ring (bicyclic) bond motifs is 1. The fourth-order valence-electron chi connectivity index (χ4n) is 3.94. The smallest absolute Gasteiger partial charge is 0.243 e. The van der Waals surface area contributed by atoms with Crippen molar-refractivity contribution >= 4 is 22.8 Å². The summed E-state index contributed by atoms with van der Waals surface area (Å²) in [5.74, 6) is 0.855. The summed E-state index contributed by atoms with van der Waals surface area (Å²) in [5.41, 5.74) is 1.89. The molecule has 1 heterocycles. The van der Waals surface area contributed by atoms with Crippen molar-refractivity contribution in [3.63, 3.8) is 0 Å². The van der Waals surface area contributed by atoms with Crippen LogP contribution in [0.15, 0.2) is 36.9 Å². The molecule has 0 atom stereocenters. The molecule has 2 amide bonds. The second-order valence-electron chi connectivity index (χ2n) is 7.50. The minimum Gasteiger partial charge on any atom is -0.353 e. The van der Waals surface area contributed by atoms with Crippen LogP contribution in [-0.2, 0) is 22.6 Å². The summed E-state index contributed by atoms with van der Waals surface area (Å²) in [4.78, 5) is 30.9. The molecule has 0 spiro atoms. The van der Waals surface area contributed by atoms with Gasteiger partial charge in [0, 0.05) is 26.1 Å². The Kier molecular flexibility index (Phi) is 6.85. The van der Waals surface area contributed by atoms with Crippen molar-refractivity contribution in [1.29, 1.82) is 0 Å². The summed E-state index contributed by atoms with van der Waals surface area (Å²) in [5, 5.41) is 2.79. The molecule has 1 fully saturated rings. The van der Waals surface area contributed by atoms with Crippen molar-refractivity contribution in [2.75, 3.05) is 13.6 Å². The molecule has 0 aliphatic heterocycles. The van der Waals surface area contributed by atoms with Gasteiger partial charge in [-0.15, -0.1) is 0 Å². The lowest BCUT2D eigenvalue weighted by atomic mass is 9.94. The minimum absolute atomic E-state index is 0.135. The number of likely N-dealkylation sites (N-methyl/N-ethyl adjacent to an activating group) is 1. The molecular weight excluding hydrogens is 352 g/mol. The van der Waals surface area contributed by atoms with E-state index in [0.717, 1.165) is 36.1 Å². The number of aryl methyl sites for hydroxylation is 1. The highest BCUT2D eigenvalue weighted by Crippen LogP contribution is 2.23. The number of nitrogens with zero attached hydrogens (tertiary/aromatic N) is 3. The van der Waals surface area contributed by atoms with Gasteiger partial charge in [-0.2, -0.15) is 0 Å². The molecule has 1 aliphatic carbocycles. The monoisotopic (exact) mass is 382 g/mol. The molecule has 0 unspecified atom stereocenters. The number of rotatable bonds is 8. The van der Waals surface area contributed by atoms with Crippen LogP contribution >= 0.6 is 0 Å². The molecule has 28 heavy (non-hydrogen) atoms. The number of hydrogen-bond acceptors (Lipinski definition) is 3.